The molecule has 4 nitrogen and oxygen atoms in total. The van der Waals surface area contributed by atoms with Crippen LogP contribution in [0.25, 0.3) is 6.08 Å². The van der Waals surface area contributed by atoms with Gasteiger partial charge in [0, 0.05) is 17.1 Å². The topological polar surface area (TPSA) is 74.6 Å². The van der Waals surface area contributed by atoms with E-state index in [0.29, 0.717) is 6.42 Å². The van der Waals surface area contributed by atoms with Gasteiger partial charge < -0.3 is 10.2 Å². The Bertz CT molecular complexity index is 600. The molecule has 0 heterocycles. The van der Waals surface area contributed by atoms with Crippen molar-refractivity contribution in [3.8, 4) is 0 Å². The average molecular weight is 344 g/mol. The van der Waals surface area contributed by atoms with Crippen molar-refractivity contribution >= 4 is 18.0 Å². The van der Waals surface area contributed by atoms with E-state index < -0.39 is 17.9 Å². The van der Waals surface area contributed by atoms with E-state index >= 15 is 0 Å². The molecule has 0 saturated carbocycles. The summed E-state index contributed by atoms with van der Waals surface area (Å²) in [6.45, 7) is 10.7. The number of benzene rings is 1. The molecule has 136 valence electrons. The van der Waals surface area contributed by atoms with Crippen molar-refractivity contribution in [1.82, 2.24) is 0 Å². The first-order valence-corrected chi connectivity index (χ1v) is 8.37. The lowest BCUT2D eigenvalue weighted by molar-refractivity contribution is -0.134. The second kappa shape index (κ2) is 12.8. The number of rotatable bonds is 9. The normalized spacial score (nSPS) is 11.7. The number of carbonyl (C=O) groups is 2. The fourth-order valence-electron chi connectivity index (χ4n) is 2.01. The number of hydrogen-bond acceptors (Lipinski definition) is 2. The Morgan fingerprint density at radius 1 is 1.12 bits per heavy atom. The van der Waals surface area contributed by atoms with Crippen LogP contribution in [0.5, 0.6) is 0 Å². The maximum absolute atomic E-state index is 11.0. The van der Waals surface area contributed by atoms with Crippen LogP contribution in [-0.4, -0.2) is 22.2 Å². The van der Waals surface area contributed by atoms with Gasteiger partial charge in [-0.1, -0.05) is 82.3 Å². The molecule has 1 atom stereocenters. The van der Waals surface area contributed by atoms with E-state index in [1.54, 1.807) is 6.92 Å². The summed E-state index contributed by atoms with van der Waals surface area (Å²) >= 11 is 0. The van der Waals surface area contributed by atoms with Crippen molar-refractivity contribution in [2.45, 2.75) is 39.5 Å². The third-order valence-electron chi connectivity index (χ3n) is 3.64. The molecular formula is C21H28O4. The molecule has 0 amide bonds. The van der Waals surface area contributed by atoms with Crippen LogP contribution in [0, 0.1) is 5.92 Å². The largest absolute Gasteiger partial charge is 0.478 e. The number of carboxylic acids is 2. The van der Waals surface area contributed by atoms with Crippen LogP contribution in [-0.2, 0) is 9.59 Å². The quantitative estimate of drug-likeness (QED) is 0.478. The SMILES string of the molecule is C=C(C(=O)O)C(C)C=C(CCCCC)C(=O)O.C=Cc1ccccc1. The average Bonchev–Trinajstić information content (AvgIpc) is 2.61. The van der Waals surface area contributed by atoms with Crippen molar-refractivity contribution in [2.75, 3.05) is 0 Å². The van der Waals surface area contributed by atoms with Crippen LogP contribution >= 0.6 is 0 Å². The van der Waals surface area contributed by atoms with Gasteiger partial charge in [-0.2, -0.15) is 0 Å². The Balaban J connectivity index is 0.000000593. The Morgan fingerprint density at radius 3 is 2.12 bits per heavy atom. The lowest BCUT2D eigenvalue weighted by Crippen LogP contribution is -2.09. The molecule has 1 aromatic carbocycles. The molecular weight excluding hydrogens is 316 g/mol. The fraction of sp³-hybridized carbons (Fsp3) is 0.333. The number of carboxylic acid groups (broad SMARTS) is 2. The van der Waals surface area contributed by atoms with Gasteiger partial charge in [0.05, 0.1) is 0 Å². The van der Waals surface area contributed by atoms with Gasteiger partial charge in [-0.05, 0) is 18.4 Å². The van der Waals surface area contributed by atoms with Crippen molar-refractivity contribution in [2.24, 2.45) is 5.92 Å². The highest BCUT2D eigenvalue weighted by molar-refractivity contribution is 5.89. The Labute approximate surface area is 150 Å². The van der Waals surface area contributed by atoms with Crippen molar-refractivity contribution in [3.63, 3.8) is 0 Å². The smallest absolute Gasteiger partial charge is 0.331 e. The minimum absolute atomic E-state index is 0.0132. The zero-order chi connectivity index (χ0) is 19.2. The molecule has 0 spiro atoms. The van der Waals surface area contributed by atoms with Crippen LogP contribution in [0.4, 0.5) is 0 Å². The van der Waals surface area contributed by atoms with E-state index in [1.165, 1.54) is 11.6 Å². The lowest BCUT2D eigenvalue weighted by atomic mass is 9.97. The molecule has 0 aromatic heterocycles. The van der Waals surface area contributed by atoms with Crippen molar-refractivity contribution in [1.29, 1.82) is 0 Å². The Morgan fingerprint density at radius 2 is 1.72 bits per heavy atom. The van der Waals surface area contributed by atoms with Crippen LogP contribution in [0.1, 0.15) is 45.1 Å². The molecule has 25 heavy (non-hydrogen) atoms. The van der Waals surface area contributed by atoms with Gasteiger partial charge in [0.2, 0.25) is 0 Å². The minimum Gasteiger partial charge on any atom is -0.478 e. The predicted molar refractivity (Wildman–Crippen MR) is 102 cm³/mol. The van der Waals surface area contributed by atoms with Gasteiger partial charge in [-0.25, -0.2) is 9.59 Å². The van der Waals surface area contributed by atoms with Crippen LogP contribution in [0.2, 0.25) is 0 Å². The summed E-state index contributed by atoms with van der Waals surface area (Å²) < 4.78 is 0. The second-order valence-electron chi connectivity index (χ2n) is 5.69. The number of aliphatic carboxylic acids is 2. The van der Waals surface area contributed by atoms with Gasteiger partial charge in [-0.15, -0.1) is 0 Å². The third kappa shape index (κ3) is 9.97. The minimum atomic E-state index is -1.09. The molecule has 0 radical (unpaired) electrons. The summed E-state index contributed by atoms with van der Waals surface area (Å²) in [4.78, 5) is 21.7. The zero-order valence-electron chi connectivity index (χ0n) is 15.1. The molecule has 0 saturated heterocycles. The highest BCUT2D eigenvalue weighted by atomic mass is 16.4. The number of unbranched alkanes of at least 4 members (excludes halogenated alkanes) is 2. The first-order valence-electron chi connectivity index (χ1n) is 8.37. The first-order chi connectivity index (χ1) is 11.8. The standard InChI is InChI=1S/C13H20O4.C8H8/c1-4-5-6-7-11(13(16)17)8-9(2)10(3)12(14)15;1-2-8-6-4-3-5-7-8/h8-9H,3-7H2,1-2H3,(H,14,15)(H,16,17);2-7H,1H2. The summed E-state index contributed by atoms with van der Waals surface area (Å²) in [5, 5.41) is 17.7. The summed E-state index contributed by atoms with van der Waals surface area (Å²) in [5.74, 6) is -2.53. The maximum Gasteiger partial charge on any atom is 0.331 e. The van der Waals surface area contributed by atoms with Crippen molar-refractivity contribution in [3.05, 3.63) is 66.3 Å². The molecule has 1 unspecified atom stereocenters. The summed E-state index contributed by atoms with van der Waals surface area (Å²) in [6, 6.07) is 10.0. The molecule has 1 aromatic rings. The molecule has 4 heteroatoms. The van der Waals surface area contributed by atoms with Gasteiger partial charge in [-0.3, -0.25) is 0 Å². The van der Waals surface area contributed by atoms with E-state index in [9.17, 15) is 9.59 Å². The number of hydrogen-bond donors (Lipinski definition) is 2. The van der Waals surface area contributed by atoms with E-state index in [-0.39, 0.29) is 11.1 Å². The Hall–Kier alpha value is -2.62. The lowest BCUT2D eigenvalue weighted by Gasteiger charge is -2.08. The van der Waals surface area contributed by atoms with Crippen LogP contribution in [0.3, 0.4) is 0 Å². The molecule has 0 bridgehead atoms. The van der Waals surface area contributed by atoms with Gasteiger partial charge in [0.15, 0.2) is 0 Å². The fourth-order valence-corrected chi connectivity index (χ4v) is 2.01. The monoisotopic (exact) mass is 344 g/mol. The van der Waals surface area contributed by atoms with E-state index in [2.05, 4.69) is 13.2 Å². The van der Waals surface area contributed by atoms with E-state index in [4.69, 9.17) is 10.2 Å². The zero-order valence-corrected chi connectivity index (χ0v) is 15.1. The Kier molecular flexibility index (Phi) is 11.4. The maximum atomic E-state index is 11.0. The van der Waals surface area contributed by atoms with Gasteiger partial charge in [0.1, 0.15) is 0 Å². The molecule has 0 aliphatic carbocycles. The van der Waals surface area contributed by atoms with Gasteiger partial charge in [0.25, 0.3) is 0 Å². The highest BCUT2D eigenvalue weighted by Crippen LogP contribution is 2.17. The van der Waals surface area contributed by atoms with E-state index in [1.807, 2.05) is 43.3 Å². The summed E-state index contributed by atoms with van der Waals surface area (Å²) in [7, 11) is 0. The molecule has 1 rings (SSSR count). The van der Waals surface area contributed by atoms with E-state index in [0.717, 1.165) is 19.3 Å². The molecule has 0 aliphatic rings. The second-order valence-corrected chi connectivity index (χ2v) is 5.69. The first kappa shape index (κ1) is 22.4. The highest BCUT2D eigenvalue weighted by Gasteiger charge is 2.14. The van der Waals surface area contributed by atoms with Crippen LogP contribution < -0.4 is 0 Å². The molecule has 0 fully saturated rings. The van der Waals surface area contributed by atoms with Crippen LogP contribution in [0.15, 0.2) is 60.7 Å². The summed E-state index contributed by atoms with van der Waals surface area (Å²) in [6.07, 6.45) is 6.58. The molecule has 2 N–H and O–H groups in total. The molecule has 0 aliphatic heterocycles. The third-order valence-corrected chi connectivity index (χ3v) is 3.64. The predicted octanol–water partition coefficient (Wildman–Crippen LogP) is 5.18. The van der Waals surface area contributed by atoms with Crippen molar-refractivity contribution < 1.29 is 19.8 Å². The summed E-state index contributed by atoms with van der Waals surface area (Å²) in [5.41, 5.74) is 1.46. The van der Waals surface area contributed by atoms with Gasteiger partial charge >= 0.3 is 11.9 Å². The number of allylic oxidation sites excluding steroid dienone is 1.